The highest BCUT2D eigenvalue weighted by molar-refractivity contribution is 7.98. The third kappa shape index (κ3) is 4.80. The van der Waals surface area contributed by atoms with Crippen LogP contribution >= 0.6 is 23.4 Å². The van der Waals surface area contributed by atoms with Gasteiger partial charge in [-0.05, 0) is 30.6 Å². The minimum Gasteiger partial charge on any atom is -0.489 e. The highest BCUT2D eigenvalue weighted by Gasteiger charge is 2.27. The van der Waals surface area contributed by atoms with E-state index in [1.807, 2.05) is 24.5 Å². The Balaban J connectivity index is 1.80. The number of thioether (sulfide) groups is 1. The number of carbonyl (C=O) groups excluding carboxylic acids is 1. The number of nitrogens with zero attached hydrogens (tertiary/aromatic N) is 1. The Morgan fingerprint density at radius 2 is 2.14 bits per heavy atom. The van der Waals surface area contributed by atoms with Gasteiger partial charge in [-0.3, -0.25) is 4.79 Å². The van der Waals surface area contributed by atoms with E-state index in [1.165, 1.54) is 0 Å². The van der Waals surface area contributed by atoms with Crippen molar-refractivity contribution in [1.29, 1.82) is 0 Å². The van der Waals surface area contributed by atoms with E-state index in [9.17, 15) is 9.90 Å². The molecule has 4 nitrogen and oxygen atoms in total. The number of para-hydroxylation sites is 1. The number of piperidine rings is 1. The molecule has 1 amide bonds. The van der Waals surface area contributed by atoms with Gasteiger partial charge in [0.05, 0.1) is 5.02 Å². The van der Waals surface area contributed by atoms with E-state index in [2.05, 4.69) is 0 Å². The summed E-state index contributed by atoms with van der Waals surface area (Å²) < 4.78 is 5.90. The van der Waals surface area contributed by atoms with Crippen molar-refractivity contribution in [3.05, 3.63) is 29.3 Å². The minimum atomic E-state index is -0.881. The number of aliphatic hydroxyl groups excluding tert-OH is 1. The summed E-state index contributed by atoms with van der Waals surface area (Å²) in [6.45, 7) is 1.23. The first-order valence-electron chi connectivity index (χ1n) is 7.48. The lowest BCUT2D eigenvalue weighted by Gasteiger charge is -2.33. The van der Waals surface area contributed by atoms with Crippen molar-refractivity contribution in [1.82, 2.24) is 4.90 Å². The predicted molar refractivity (Wildman–Crippen MR) is 90.7 cm³/mol. The van der Waals surface area contributed by atoms with Crippen LogP contribution in [0.25, 0.3) is 0 Å². The van der Waals surface area contributed by atoms with Crippen LogP contribution in [-0.4, -0.2) is 53.2 Å². The molecular weight excluding hydrogens is 322 g/mol. The van der Waals surface area contributed by atoms with Crippen LogP contribution in [0, 0.1) is 0 Å². The van der Waals surface area contributed by atoms with E-state index in [0.717, 1.165) is 18.6 Å². The first-order chi connectivity index (χ1) is 10.6. The lowest BCUT2D eigenvalue weighted by Crippen LogP contribution is -2.46. The van der Waals surface area contributed by atoms with Crippen molar-refractivity contribution >= 4 is 29.3 Å². The summed E-state index contributed by atoms with van der Waals surface area (Å²) in [5, 5.41) is 10.5. The van der Waals surface area contributed by atoms with Gasteiger partial charge in [-0.2, -0.15) is 11.8 Å². The van der Waals surface area contributed by atoms with Crippen LogP contribution in [0.5, 0.6) is 5.75 Å². The Morgan fingerprint density at radius 3 is 2.77 bits per heavy atom. The number of ether oxygens (including phenoxy) is 1. The number of carbonyl (C=O) groups is 1. The topological polar surface area (TPSA) is 49.8 Å². The normalized spacial score (nSPS) is 17.3. The summed E-state index contributed by atoms with van der Waals surface area (Å²) in [6.07, 6.45) is 3.17. The van der Waals surface area contributed by atoms with Crippen LogP contribution < -0.4 is 4.74 Å². The number of hydrogen-bond donors (Lipinski definition) is 1. The first kappa shape index (κ1) is 17.4. The first-order valence-corrected chi connectivity index (χ1v) is 9.26. The van der Waals surface area contributed by atoms with E-state index in [4.69, 9.17) is 16.3 Å². The Bertz CT molecular complexity index is 492. The molecule has 1 atom stereocenters. The molecule has 1 N–H and O–H groups in total. The Kier molecular flexibility index (Phi) is 6.86. The van der Waals surface area contributed by atoms with Gasteiger partial charge in [0, 0.05) is 25.9 Å². The highest BCUT2D eigenvalue weighted by atomic mass is 35.5. The van der Waals surface area contributed by atoms with E-state index in [0.29, 0.717) is 30.3 Å². The lowest BCUT2D eigenvalue weighted by atomic mass is 10.1. The summed E-state index contributed by atoms with van der Waals surface area (Å²) in [6, 6.07) is 7.41. The van der Waals surface area contributed by atoms with E-state index in [-0.39, 0.29) is 12.0 Å². The molecule has 0 spiro atoms. The Morgan fingerprint density at radius 1 is 1.45 bits per heavy atom. The molecule has 1 aromatic rings. The summed E-state index contributed by atoms with van der Waals surface area (Å²) in [4.78, 5) is 13.9. The van der Waals surface area contributed by atoms with E-state index >= 15 is 0 Å². The predicted octanol–water partition coefficient (Wildman–Crippen LogP) is 2.82. The average Bonchev–Trinajstić information content (AvgIpc) is 2.55. The quantitative estimate of drug-likeness (QED) is 0.863. The van der Waals surface area contributed by atoms with Crippen molar-refractivity contribution in [2.45, 2.75) is 31.5 Å². The average molecular weight is 344 g/mol. The third-order valence-corrected chi connectivity index (χ3v) is 4.72. The molecule has 0 aromatic heterocycles. The van der Waals surface area contributed by atoms with Crippen LogP contribution in [0.1, 0.15) is 19.3 Å². The monoisotopic (exact) mass is 343 g/mol. The van der Waals surface area contributed by atoms with Gasteiger partial charge in [0.1, 0.15) is 18.0 Å². The zero-order chi connectivity index (χ0) is 15.9. The molecule has 1 aromatic carbocycles. The molecule has 0 saturated carbocycles. The second-order valence-corrected chi connectivity index (χ2v) is 6.76. The van der Waals surface area contributed by atoms with Crippen LogP contribution in [0.3, 0.4) is 0 Å². The van der Waals surface area contributed by atoms with Gasteiger partial charge >= 0.3 is 0 Å². The number of rotatable bonds is 6. The maximum atomic E-state index is 12.1. The number of amides is 1. The molecule has 1 fully saturated rings. The number of hydrogen-bond acceptors (Lipinski definition) is 4. The molecule has 22 heavy (non-hydrogen) atoms. The molecule has 0 unspecified atom stereocenters. The molecule has 2 rings (SSSR count). The number of likely N-dealkylation sites (tertiary alicyclic amines) is 1. The molecule has 1 aliphatic heterocycles. The maximum Gasteiger partial charge on any atom is 0.251 e. The Hall–Kier alpha value is -0.910. The number of aliphatic hydroxyl groups is 1. The molecule has 1 heterocycles. The standard InChI is InChI=1S/C16H22ClNO3S/c1-22-11-8-14(19)16(20)18-9-6-12(7-10-18)21-15-5-3-2-4-13(15)17/h2-5,12,14,19H,6-11H2,1H3/t14-/m1/s1. The largest absolute Gasteiger partial charge is 0.489 e. The van der Waals surface area contributed by atoms with Gasteiger partial charge in [0.15, 0.2) is 0 Å². The van der Waals surface area contributed by atoms with Gasteiger partial charge in [0.25, 0.3) is 5.91 Å². The highest BCUT2D eigenvalue weighted by Crippen LogP contribution is 2.26. The van der Waals surface area contributed by atoms with Crippen LogP contribution in [0.2, 0.25) is 5.02 Å². The van der Waals surface area contributed by atoms with Gasteiger partial charge in [0.2, 0.25) is 0 Å². The number of halogens is 1. The summed E-state index contributed by atoms with van der Waals surface area (Å²) in [7, 11) is 0. The van der Waals surface area contributed by atoms with Crippen molar-refractivity contribution in [2.75, 3.05) is 25.1 Å². The molecule has 6 heteroatoms. The lowest BCUT2D eigenvalue weighted by molar-refractivity contribution is -0.142. The van der Waals surface area contributed by atoms with Crippen molar-refractivity contribution < 1.29 is 14.6 Å². The van der Waals surface area contributed by atoms with Crippen LogP contribution in [-0.2, 0) is 4.79 Å². The minimum absolute atomic E-state index is 0.0623. The summed E-state index contributed by atoms with van der Waals surface area (Å²) >= 11 is 7.72. The molecular formula is C16H22ClNO3S. The van der Waals surface area contributed by atoms with Gasteiger partial charge in [-0.1, -0.05) is 23.7 Å². The van der Waals surface area contributed by atoms with Crippen molar-refractivity contribution in [3.63, 3.8) is 0 Å². The zero-order valence-corrected chi connectivity index (χ0v) is 14.3. The second kappa shape index (κ2) is 8.65. The molecule has 122 valence electrons. The Labute approximate surface area is 140 Å². The van der Waals surface area contributed by atoms with Crippen LogP contribution in [0.4, 0.5) is 0 Å². The van der Waals surface area contributed by atoms with E-state index in [1.54, 1.807) is 22.7 Å². The zero-order valence-electron chi connectivity index (χ0n) is 12.7. The number of benzene rings is 1. The molecule has 1 aliphatic rings. The fourth-order valence-corrected chi connectivity index (χ4v) is 3.12. The second-order valence-electron chi connectivity index (χ2n) is 5.37. The smallest absolute Gasteiger partial charge is 0.251 e. The molecule has 0 aliphatic carbocycles. The van der Waals surface area contributed by atoms with Crippen LogP contribution in [0.15, 0.2) is 24.3 Å². The van der Waals surface area contributed by atoms with E-state index < -0.39 is 6.10 Å². The molecule has 0 bridgehead atoms. The summed E-state index contributed by atoms with van der Waals surface area (Å²) in [5.74, 6) is 1.32. The van der Waals surface area contributed by atoms with Crippen molar-refractivity contribution in [2.24, 2.45) is 0 Å². The SMILES string of the molecule is CSCC[C@@H](O)C(=O)N1CCC(Oc2ccccc2Cl)CC1. The fraction of sp³-hybridized carbons (Fsp3) is 0.562. The van der Waals surface area contributed by atoms with Gasteiger partial charge in [-0.25, -0.2) is 0 Å². The molecule has 1 saturated heterocycles. The fourth-order valence-electron chi connectivity index (χ4n) is 2.48. The van der Waals surface area contributed by atoms with Gasteiger partial charge < -0.3 is 14.7 Å². The molecule has 0 radical (unpaired) electrons. The summed E-state index contributed by atoms with van der Waals surface area (Å²) in [5.41, 5.74) is 0. The van der Waals surface area contributed by atoms with Gasteiger partial charge in [-0.15, -0.1) is 0 Å². The third-order valence-electron chi connectivity index (χ3n) is 3.76. The van der Waals surface area contributed by atoms with Crippen molar-refractivity contribution in [3.8, 4) is 5.75 Å². The maximum absolute atomic E-state index is 12.1.